The first-order chi connectivity index (χ1) is 8.59. The lowest BCUT2D eigenvalue weighted by Gasteiger charge is -2.07. The lowest BCUT2D eigenvalue weighted by molar-refractivity contribution is -0.380. The normalized spacial score (nSPS) is 11.1. The monoisotopic (exact) mass is 272 g/mol. The number of hydrogen-bond acceptors (Lipinski definition) is 5. The van der Waals surface area contributed by atoms with Crippen molar-refractivity contribution >= 4 is 16.3 Å². The Labute approximate surface area is 111 Å². The Morgan fingerprint density at radius 1 is 1.56 bits per heavy atom. The van der Waals surface area contributed by atoms with E-state index in [1.165, 1.54) is 11.3 Å². The number of nitrogens with one attached hydrogen (secondary N) is 1. The average molecular weight is 272 g/mol. The molecule has 102 valence electrons. The molecule has 0 aromatic carbocycles. The minimum Gasteiger partial charge on any atom is -0.381 e. The molecule has 0 bridgehead atoms. The smallest absolute Gasteiger partial charge is 0.324 e. The molecule has 1 aromatic heterocycles. The van der Waals surface area contributed by atoms with Crippen LogP contribution in [-0.2, 0) is 11.3 Å². The predicted octanol–water partition coefficient (Wildman–Crippen LogP) is 2.81. The molecule has 0 radical (unpaired) electrons. The van der Waals surface area contributed by atoms with Crippen LogP contribution in [0.1, 0.15) is 25.8 Å². The van der Waals surface area contributed by atoms with Crippen LogP contribution in [0.4, 0.5) is 5.00 Å². The molecule has 1 aromatic rings. The summed E-state index contributed by atoms with van der Waals surface area (Å²) >= 11 is 1.17. The molecule has 5 nitrogen and oxygen atoms in total. The van der Waals surface area contributed by atoms with Crippen LogP contribution in [0.5, 0.6) is 0 Å². The van der Waals surface area contributed by atoms with Gasteiger partial charge in [0.25, 0.3) is 0 Å². The third-order valence-electron chi connectivity index (χ3n) is 2.24. The van der Waals surface area contributed by atoms with E-state index in [9.17, 15) is 10.1 Å². The third kappa shape index (κ3) is 6.09. The minimum absolute atomic E-state index is 0.201. The van der Waals surface area contributed by atoms with Gasteiger partial charge in [-0.15, -0.1) is 0 Å². The fraction of sp³-hybridized carbons (Fsp3) is 0.667. The molecule has 18 heavy (non-hydrogen) atoms. The van der Waals surface area contributed by atoms with Crippen LogP contribution in [-0.4, -0.2) is 24.7 Å². The molecule has 0 unspecified atom stereocenters. The summed E-state index contributed by atoms with van der Waals surface area (Å²) in [4.78, 5) is 10.1. The Morgan fingerprint density at radius 3 is 2.94 bits per heavy atom. The van der Waals surface area contributed by atoms with Crippen molar-refractivity contribution in [2.75, 3.05) is 19.8 Å². The van der Waals surface area contributed by atoms with Crippen LogP contribution in [0.2, 0.25) is 0 Å². The van der Waals surface area contributed by atoms with Gasteiger partial charge in [-0.1, -0.05) is 25.2 Å². The van der Waals surface area contributed by atoms with Gasteiger partial charge in [-0.2, -0.15) is 0 Å². The van der Waals surface area contributed by atoms with Crippen molar-refractivity contribution in [1.82, 2.24) is 5.32 Å². The fourth-order valence-electron chi connectivity index (χ4n) is 1.40. The highest BCUT2D eigenvalue weighted by Gasteiger charge is 2.08. The van der Waals surface area contributed by atoms with Crippen LogP contribution in [0, 0.1) is 16.0 Å². The predicted molar refractivity (Wildman–Crippen MR) is 73.0 cm³/mol. The second-order valence-corrected chi connectivity index (χ2v) is 5.44. The minimum atomic E-state index is -0.353. The maximum Gasteiger partial charge on any atom is 0.324 e. The molecular formula is C12H20N2O3S. The van der Waals surface area contributed by atoms with Crippen LogP contribution >= 0.6 is 11.3 Å². The highest BCUT2D eigenvalue weighted by Crippen LogP contribution is 2.22. The number of hydrogen-bond donors (Lipinski definition) is 1. The molecule has 0 saturated carbocycles. The van der Waals surface area contributed by atoms with Crippen LogP contribution in [0.25, 0.3) is 0 Å². The van der Waals surface area contributed by atoms with E-state index in [1.54, 1.807) is 6.07 Å². The molecule has 0 atom stereocenters. The summed E-state index contributed by atoms with van der Waals surface area (Å²) in [7, 11) is 0. The molecule has 0 amide bonds. The number of thiophene rings is 1. The Balaban J connectivity index is 2.05. The van der Waals surface area contributed by atoms with Gasteiger partial charge in [-0.25, -0.2) is 0 Å². The zero-order chi connectivity index (χ0) is 13.4. The Morgan fingerprint density at radius 2 is 2.33 bits per heavy atom. The maximum absolute atomic E-state index is 10.5. The van der Waals surface area contributed by atoms with Crippen molar-refractivity contribution in [3.63, 3.8) is 0 Å². The Hall–Kier alpha value is -0.980. The highest BCUT2D eigenvalue weighted by atomic mass is 32.1. The SMILES string of the molecule is CC(C)COCCCNCc1csc([N+](=O)[O-])c1. The van der Waals surface area contributed by atoms with E-state index in [2.05, 4.69) is 19.2 Å². The molecule has 1 rings (SSSR count). The lowest BCUT2D eigenvalue weighted by atomic mass is 10.2. The zero-order valence-corrected chi connectivity index (χ0v) is 11.7. The lowest BCUT2D eigenvalue weighted by Crippen LogP contribution is -2.16. The van der Waals surface area contributed by atoms with E-state index >= 15 is 0 Å². The van der Waals surface area contributed by atoms with E-state index in [-0.39, 0.29) is 9.92 Å². The Bertz CT molecular complexity index is 366. The number of ether oxygens (including phenoxy) is 1. The van der Waals surface area contributed by atoms with E-state index < -0.39 is 0 Å². The van der Waals surface area contributed by atoms with Crippen LogP contribution in [0.15, 0.2) is 11.4 Å². The van der Waals surface area contributed by atoms with Crippen molar-refractivity contribution in [1.29, 1.82) is 0 Å². The van der Waals surface area contributed by atoms with Crippen LogP contribution in [0.3, 0.4) is 0 Å². The summed E-state index contributed by atoms with van der Waals surface area (Å²) in [6.45, 7) is 7.35. The van der Waals surface area contributed by atoms with Gasteiger partial charge in [0.15, 0.2) is 0 Å². The molecule has 0 saturated heterocycles. The molecule has 0 aliphatic carbocycles. The highest BCUT2D eigenvalue weighted by molar-refractivity contribution is 7.13. The second-order valence-electron chi connectivity index (χ2n) is 4.55. The summed E-state index contributed by atoms with van der Waals surface area (Å²) in [6, 6.07) is 1.62. The van der Waals surface area contributed by atoms with Gasteiger partial charge < -0.3 is 10.1 Å². The molecule has 6 heteroatoms. The van der Waals surface area contributed by atoms with Gasteiger partial charge in [0, 0.05) is 31.2 Å². The standard InChI is InChI=1S/C12H20N2O3S/c1-10(2)8-17-5-3-4-13-7-11-6-12(14(15)16)18-9-11/h6,9-10,13H,3-5,7-8H2,1-2H3. The third-order valence-corrected chi connectivity index (χ3v) is 3.17. The summed E-state index contributed by atoms with van der Waals surface area (Å²) in [5.74, 6) is 0.573. The van der Waals surface area contributed by atoms with Gasteiger partial charge in [-0.05, 0) is 24.4 Å². The van der Waals surface area contributed by atoms with Gasteiger partial charge in [0.2, 0.25) is 0 Å². The first kappa shape index (κ1) is 15.1. The zero-order valence-electron chi connectivity index (χ0n) is 10.8. The van der Waals surface area contributed by atoms with Gasteiger partial charge in [0.1, 0.15) is 0 Å². The van der Waals surface area contributed by atoms with E-state index in [0.717, 1.165) is 31.7 Å². The quantitative estimate of drug-likeness (QED) is 0.426. The molecule has 0 aliphatic rings. The molecule has 0 fully saturated rings. The van der Waals surface area contributed by atoms with E-state index in [1.807, 2.05) is 5.38 Å². The first-order valence-corrected chi connectivity index (χ1v) is 6.98. The van der Waals surface area contributed by atoms with Gasteiger partial charge >= 0.3 is 5.00 Å². The summed E-state index contributed by atoms with van der Waals surface area (Å²) < 4.78 is 5.46. The summed E-state index contributed by atoms with van der Waals surface area (Å²) in [6.07, 6.45) is 0.957. The van der Waals surface area contributed by atoms with Gasteiger partial charge in [-0.3, -0.25) is 10.1 Å². The summed E-state index contributed by atoms with van der Waals surface area (Å²) in [5.41, 5.74) is 0.967. The molecule has 0 aliphatic heterocycles. The Kier molecular flexibility index (Phi) is 6.85. The maximum atomic E-state index is 10.5. The topological polar surface area (TPSA) is 64.4 Å². The number of rotatable bonds is 9. The van der Waals surface area contributed by atoms with E-state index in [4.69, 9.17) is 4.74 Å². The molecule has 1 N–H and O–H groups in total. The van der Waals surface area contributed by atoms with E-state index in [0.29, 0.717) is 12.5 Å². The summed E-state index contributed by atoms with van der Waals surface area (Å²) in [5, 5.41) is 15.8. The van der Waals surface area contributed by atoms with Crippen molar-refractivity contribution in [2.45, 2.75) is 26.8 Å². The largest absolute Gasteiger partial charge is 0.381 e. The molecule has 1 heterocycles. The molecule has 0 spiro atoms. The first-order valence-electron chi connectivity index (χ1n) is 6.10. The number of nitrogens with zero attached hydrogens (tertiary/aromatic N) is 1. The van der Waals surface area contributed by atoms with Crippen molar-refractivity contribution in [2.24, 2.45) is 5.92 Å². The molecular weight excluding hydrogens is 252 g/mol. The van der Waals surface area contributed by atoms with Crippen molar-refractivity contribution in [3.05, 3.63) is 27.1 Å². The van der Waals surface area contributed by atoms with Gasteiger partial charge in [0.05, 0.1) is 4.92 Å². The van der Waals surface area contributed by atoms with Crippen molar-refractivity contribution < 1.29 is 9.66 Å². The second kappa shape index (κ2) is 8.18. The van der Waals surface area contributed by atoms with Crippen LogP contribution < -0.4 is 5.32 Å². The average Bonchev–Trinajstić information content (AvgIpc) is 2.76. The number of nitro groups is 1. The van der Waals surface area contributed by atoms with Crippen molar-refractivity contribution in [3.8, 4) is 0 Å². The fourth-order valence-corrected chi connectivity index (χ4v) is 2.13.